The molecule has 0 saturated heterocycles. The highest BCUT2D eigenvalue weighted by atomic mass is 16.6. The molecule has 0 spiro atoms. The van der Waals surface area contributed by atoms with Crippen LogP contribution in [-0.4, -0.2) is 30.3 Å². The van der Waals surface area contributed by atoms with Gasteiger partial charge in [-0.25, -0.2) is 10.6 Å². The predicted molar refractivity (Wildman–Crippen MR) is 86.8 cm³/mol. The molecule has 0 fully saturated rings. The van der Waals surface area contributed by atoms with Crippen LogP contribution in [0.25, 0.3) is 0 Å². The molecule has 4 N–H and O–H groups in total. The quantitative estimate of drug-likeness (QED) is 0.418. The van der Waals surface area contributed by atoms with Crippen LogP contribution in [0.5, 0.6) is 5.75 Å². The SMILES string of the molecule is C[C@H](COc1ccc(CC(=O)NN)cc1)NC(=O)OC(C)(C)C. The van der Waals surface area contributed by atoms with Crippen LogP contribution in [-0.2, 0) is 16.0 Å². The van der Waals surface area contributed by atoms with Gasteiger partial charge in [0, 0.05) is 0 Å². The van der Waals surface area contributed by atoms with Gasteiger partial charge in [0.1, 0.15) is 18.0 Å². The fourth-order valence-electron chi connectivity index (χ4n) is 1.71. The molecule has 0 bridgehead atoms. The van der Waals surface area contributed by atoms with E-state index in [1.54, 1.807) is 45.0 Å². The number of amides is 2. The van der Waals surface area contributed by atoms with E-state index in [2.05, 4.69) is 10.7 Å². The van der Waals surface area contributed by atoms with Crippen molar-refractivity contribution in [3.8, 4) is 5.75 Å². The van der Waals surface area contributed by atoms with Crippen molar-refractivity contribution in [1.29, 1.82) is 0 Å². The van der Waals surface area contributed by atoms with Crippen molar-refractivity contribution in [3.63, 3.8) is 0 Å². The second kappa shape index (κ2) is 8.38. The van der Waals surface area contributed by atoms with E-state index in [4.69, 9.17) is 15.3 Å². The molecular weight excluding hydrogens is 298 g/mol. The number of nitrogens with two attached hydrogens (primary N) is 1. The third-order valence-electron chi connectivity index (χ3n) is 2.71. The minimum Gasteiger partial charge on any atom is -0.491 e. The van der Waals surface area contributed by atoms with Crippen molar-refractivity contribution in [3.05, 3.63) is 29.8 Å². The molecule has 7 nitrogen and oxygen atoms in total. The Labute approximate surface area is 136 Å². The fraction of sp³-hybridized carbons (Fsp3) is 0.500. The number of rotatable bonds is 6. The molecule has 0 aromatic heterocycles. The zero-order valence-corrected chi connectivity index (χ0v) is 14.0. The van der Waals surface area contributed by atoms with Crippen molar-refractivity contribution in [2.24, 2.45) is 5.84 Å². The number of ether oxygens (including phenoxy) is 2. The summed E-state index contributed by atoms with van der Waals surface area (Å²) < 4.78 is 10.8. The molecule has 0 aliphatic carbocycles. The summed E-state index contributed by atoms with van der Waals surface area (Å²) in [5, 5.41) is 2.70. The first kappa shape index (κ1) is 18.8. The predicted octanol–water partition coefficient (Wildman–Crippen LogP) is 1.51. The number of hydrogen-bond acceptors (Lipinski definition) is 5. The van der Waals surface area contributed by atoms with E-state index in [0.29, 0.717) is 12.4 Å². The van der Waals surface area contributed by atoms with Gasteiger partial charge in [-0.15, -0.1) is 0 Å². The van der Waals surface area contributed by atoms with E-state index >= 15 is 0 Å². The molecule has 0 unspecified atom stereocenters. The van der Waals surface area contributed by atoms with Crippen molar-refractivity contribution in [2.75, 3.05) is 6.61 Å². The normalized spacial score (nSPS) is 12.2. The monoisotopic (exact) mass is 323 g/mol. The summed E-state index contributed by atoms with van der Waals surface area (Å²) in [6.45, 7) is 7.55. The summed E-state index contributed by atoms with van der Waals surface area (Å²) in [5.74, 6) is 5.44. The van der Waals surface area contributed by atoms with Crippen molar-refractivity contribution < 1.29 is 19.1 Å². The topological polar surface area (TPSA) is 103 Å². The Morgan fingerprint density at radius 3 is 2.35 bits per heavy atom. The second-order valence-electron chi connectivity index (χ2n) is 6.25. The van der Waals surface area contributed by atoms with Crippen molar-refractivity contribution in [1.82, 2.24) is 10.7 Å². The Bertz CT molecular complexity index is 523. The van der Waals surface area contributed by atoms with Crippen LogP contribution in [0.15, 0.2) is 24.3 Å². The van der Waals surface area contributed by atoms with Crippen molar-refractivity contribution >= 4 is 12.0 Å². The first-order chi connectivity index (χ1) is 10.7. The summed E-state index contributed by atoms with van der Waals surface area (Å²) in [4.78, 5) is 22.8. The summed E-state index contributed by atoms with van der Waals surface area (Å²) in [6, 6.07) is 6.90. The maximum Gasteiger partial charge on any atom is 0.407 e. The Morgan fingerprint density at radius 2 is 1.83 bits per heavy atom. The standard InChI is InChI=1S/C16H25N3O4/c1-11(18-15(21)23-16(2,3)4)10-22-13-7-5-12(6-8-13)9-14(20)19-17/h5-8,11H,9-10,17H2,1-4H3,(H,18,21)(H,19,20)/t11-/m1/s1. The van der Waals surface area contributed by atoms with Crippen LogP contribution in [0.4, 0.5) is 4.79 Å². The zero-order valence-electron chi connectivity index (χ0n) is 14.0. The summed E-state index contributed by atoms with van der Waals surface area (Å²) >= 11 is 0. The lowest BCUT2D eigenvalue weighted by Crippen LogP contribution is -2.40. The Balaban J connectivity index is 2.39. The molecule has 128 valence electrons. The van der Waals surface area contributed by atoms with E-state index in [-0.39, 0.29) is 18.4 Å². The van der Waals surface area contributed by atoms with Gasteiger partial charge in [0.05, 0.1) is 12.5 Å². The molecule has 0 aliphatic heterocycles. The minimum absolute atomic E-state index is 0.201. The van der Waals surface area contributed by atoms with Crippen LogP contribution in [0, 0.1) is 0 Å². The molecular formula is C16H25N3O4. The number of hydrazine groups is 1. The average molecular weight is 323 g/mol. The number of carbonyl (C=O) groups excluding carboxylic acids is 2. The molecule has 1 rings (SSSR count). The highest BCUT2D eigenvalue weighted by Gasteiger charge is 2.17. The number of benzene rings is 1. The molecule has 0 saturated carbocycles. The molecule has 0 heterocycles. The van der Waals surface area contributed by atoms with Crippen LogP contribution < -0.4 is 21.3 Å². The fourth-order valence-corrected chi connectivity index (χ4v) is 1.71. The molecule has 1 aromatic rings. The van der Waals surface area contributed by atoms with Crippen molar-refractivity contribution in [2.45, 2.75) is 45.8 Å². The van der Waals surface area contributed by atoms with Gasteiger partial charge in [-0.05, 0) is 45.4 Å². The minimum atomic E-state index is -0.531. The highest BCUT2D eigenvalue weighted by Crippen LogP contribution is 2.13. The molecule has 7 heteroatoms. The van der Waals surface area contributed by atoms with Gasteiger partial charge in [0.2, 0.25) is 5.91 Å². The third-order valence-corrected chi connectivity index (χ3v) is 2.71. The van der Waals surface area contributed by atoms with E-state index in [1.807, 2.05) is 6.92 Å². The summed E-state index contributed by atoms with van der Waals surface area (Å²) in [5.41, 5.74) is 2.38. The lowest BCUT2D eigenvalue weighted by atomic mass is 10.1. The van der Waals surface area contributed by atoms with E-state index in [0.717, 1.165) is 5.56 Å². The largest absolute Gasteiger partial charge is 0.491 e. The maximum atomic E-state index is 11.6. The molecule has 23 heavy (non-hydrogen) atoms. The van der Waals surface area contributed by atoms with Crippen LogP contribution >= 0.6 is 0 Å². The first-order valence-electron chi connectivity index (χ1n) is 7.40. The van der Waals surface area contributed by atoms with Gasteiger partial charge in [-0.1, -0.05) is 12.1 Å². The van der Waals surface area contributed by atoms with Gasteiger partial charge in [0.15, 0.2) is 0 Å². The van der Waals surface area contributed by atoms with Crippen LogP contribution in [0.2, 0.25) is 0 Å². The van der Waals surface area contributed by atoms with Gasteiger partial charge < -0.3 is 14.8 Å². The lowest BCUT2D eigenvalue weighted by Gasteiger charge is -2.22. The second-order valence-corrected chi connectivity index (χ2v) is 6.25. The van der Waals surface area contributed by atoms with E-state index in [9.17, 15) is 9.59 Å². The maximum absolute atomic E-state index is 11.6. The van der Waals surface area contributed by atoms with Gasteiger partial charge in [-0.3, -0.25) is 10.2 Å². The van der Waals surface area contributed by atoms with Crippen LogP contribution in [0.1, 0.15) is 33.3 Å². The Hall–Kier alpha value is -2.28. The van der Waals surface area contributed by atoms with E-state index in [1.165, 1.54) is 0 Å². The Kier molecular flexibility index (Phi) is 6.84. The molecule has 0 aliphatic rings. The van der Waals surface area contributed by atoms with E-state index < -0.39 is 11.7 Å². The zero-order chi connectivity index (χ0) is 17.5. The average Bonchev–Trinajstić information content (AvgIpc) is 2.44. The lowest BCUT2D eigenvalue weighted by molar-refractivity contribution is -0.120. The highest BCUT2D eigenvalue weighted by molar-refractivity contribution is 5.77. The summed E-state index contributed by atoms with van der Waals surface area (Å²) in [6.07, 6.45) is -0.260. The number of alkyl carbamates (subject to hydrolysis) is 1. The molecule has 1 atom stereocenters. The third kappa shape index (κ3) is 8.06. The van der Waals surface area contributed by atoms with Gasteiger partial charge in [-0.2, -0.15) is 0 Å². The molecule has 2 amide bonds. The molecule has 1 aromatic carbocycles. The van der Waals surface area contributed by atoms with Crippen LogP contribution in [0.3, 0.4) is 0 Å². The smallest absolute Gasteiger partial charge is 0.407 e. The number of nitrogens with one attached hydrogen (secondary N) is 2. The van der Waals surface area contributed by atoms with Gasteiger partial charge >= 0.3 is 6.09 Å². The van der Waals surface area contributed by atoms with Gasteiger partial charge in [0.25, 0.3) is 0 Å². The first-order valence-corrected chi connectivity index (χ1v) is 7.40. The Morgan fingerprint density at radius 1 is 1.22 bits per heavy atom. The number of carbonyl (C=O) groups is 2. The number of hydrogen-bond donors (Lipinski definition) is 3. The summed E-state index contributed by atoms with van der Waals surface area (Å²) in [7, 11) is 0. The molecule has 0 radical (unpaired) electrons.